The second kappa shape index (κ2) is 11.2. The van der Waals surface area contributed by atoms with Crippen LogP contribution in [0, 0.1) is 23.3 Å². The van der Waals surface area contributed by atoms with Crippen LogP contribution in [0.25, 0.3) is 17.2 Å². The number of benzene rings is 3. The summed E-state index contributed by atoms with van der Waals surface area (Å²) in [7, 11) is -1.29. The molecule has 43 heavy (non-hydrogen) atoms. The molecule has 0 spiro atoms. The molecular formula is C31H28BF4NO6. The van der Waals surface area contributed by atoms with Crippen molar-refractivity contribution < 1.29 is 46.3 Å². The van der Waals surface area contributed by atoms with Gasteiger partial charge in [0.2, 0.25) is 0 Å². The predicted octanol–water partition coefficient (Wildman–Crippen LogP) is 6.49. The molecule has 0 saturated carbocycles. The largest absolute Gasteiger partial charge is 0.492 e. The van der Waals surface area contributed by atoms with Gasteiger partial charge in [-0.15, -0.1) is 0 Å². The van der Waals surface area contributed by atoms with Gasteiger partial charge in [-0.3, -0.25) is 0 Å². The number of carbonyl (C=O) groups excluding carboxylic acids is 1. The summed E-state index contributed by atoms with van der Waals surface area (Å²) in [6.45, 7) is 6.40. The van der Waals surface area contributed by atoms with Crippen LogP contribution in [0.4, 0.5) is 22.4 Å². The van der Waals surface area contributed by atoms with Gasteiger partial charge >= 0.3 is 19.2 Å². The number of fused-ring (bicyclic) bond motifs is 3. The number of alkyl carbamates (subject to hydrolysis) is 1. The molecule has 0 aromatic heterocycles. The number of carbonyl (C=O) groups is 2. The zero-order valence-electron chi connectivity index (χ0n) is 23.8. The Morgan fingerprint density at radius 1 is 0.884 bits per heavy atom. The van der Waals surface area contributed by atoms with Crippen LogP contribution in [0.2, 0.25) is 0 Å². The van der Waals surface area contributed by atoms with E-state index in [-0.39, 0.29) is 18.0 Å². The second-order valence-corrected chi connectivity index (χ2v) is 11.3. The molecule has 1 amide bonds. The van der Waals surface area contributed by atoms with Crippen LogP contribution in [0.15, 0.2) is 54.0 Å². The van der Waals surface area contributed by atoms with E-state index >= 15 is 0 Å². The molecule has 1 heterocycles. The summed E-state index contributed by atoms with van der Waals surface area (Å²) in [6.07, 6.45) is -0.141. The second-order valence-electron chi connectivity index (χ2n) is 11.3. The van der Waals surface area contributed by atoms with Crippen LogP contribution in [-0.2, 0) is 14.0 Å². The Morgan fingerprint density at radius 3 is 1.86 bits per heavy atom. The number of ether oxygens (including phenoxy) is 1. The highest BCUT2D eigenvalue weighted by molar-refractivity contribution is 6.56. The number of amides is 1. The summed E-state index contributed by atoms with van der Waals surface area (Å²) in [5.41, 5.74) is -0.830. The molecule has 1 fully saturated rings. The predicted molar refractivity (Wildman–Crippen MR) is 150 cm³/mol. The lowest BCUT2D eigenvalue weighted by molar-refractivity contribution is 0.00578. The van der Waals surface area contributed by atoms with Crippen molar-refractivity contribution in [1.82, 2.24) is 5.32 Å². The van der Waals surface area contributed by atoms with E-state index < -0.39 is 71.3 Å². The van der Waals surface area contributed by atoms with Gasteiger partial charge in [0.1, 0.15) is 12.2 Å². The summed E-state index contributed by atoms with van der Waals surface area (Å²) in [4.78, 5) is 24.0. The van der Waals surface area contributed by atoms with E-state index in [1.807, 2.05) is 48.5 Å². The van der Waals surface area contributed by atoms with E-state index in [0.29, 0.717) is 0 Å². The maximum atomic E-state index is 14.9. The molecule has 1 aliphatic heterocycles. The minimum Gasteiger partial charge on any atom is -0.477 e. The minimum absolute atomic E-state index is 0.00821. The van der Waals surface area contributed by atoms with Crippen molar-refractivity contribution in [2.45, 2.75) is 44.8 Å². The van der Waals surface area contributed by atoms with Crippen molar-refractivity contribution in [1.29, 1.82) is 0 Å². The van der Waals surface area contributed by atoms with Crippen LogP contribution in [0.1, 0.15) is 60.7 Å². The Kier molecular flexibility index (Phi) is 7.87. The number of hydrogen-bond acceptors (Lipinski definition) is 5. The smallest absolute Gasteiger partial charge is 0.477 e. The van der Waals surface area contributed by atoms with Gasteiger partial charge in [-0.25, -0.2) is 27.2 Å². The van der Waals surface area contributed by atoms with Gasteiger partial charge < -0.3 is 24.5 Å². The molecule has 1 saturated heterocycles. The topological polar surface area (TPSA) is 94.1 Å². The maximum absolute atomic E-state index is 14.9. The molecule has 5 rings (SSSR count). The van der Waals surface area contributed by atoms with Gasteiger partial charge in [0.05, 0.1) is 16.8 Å². The number of nitrogens with one attached hydrogen (secondary N) is 1. The number of rotatable bonds is 7. The summed E-state index contributed by atoms with van der Waals surface area (Å²) >= 11 is 0. The van der Waals surface area contributed by atoms with Crippen LogP contribution < -0.4 is 5.32 Å². The molecule has 0 unspecified atom stereocenters. The van der Waals surface area contributed by atoms with E-state index in [0.717, 1.165) is 28.3 Å². The number of aromatic carboxylic acids is 1. The fraction of sp³-hybridized carbons (Fsp3) is 0.290. The van der Waals surface area contributed by atoms with Gasteiger partial charge in [0, 0.05) is 12.5 Å². The Bertz CT molecular complexity index is 1570. The zero-order chi connectivity index (χ0) is 31.3. The van der Waals surface area contributed by atoms with Crippen molar-refractivity contribution in [3.05, 3.63) is 99.5 Å². The Balaban J connectivity index is 1.40. The van der Waals surface area contributed by atoms with Crippen molar-refractivity contribution in [3.63, 3.8) is 0 Å². The third kappa shape index (κ3) is 5.41. The average molecular weight is 597 g/mol. The lowest BCUT2D eigenvalue weighted by Gasteiger charge is -2.32. The first kappa shape index (κ1) is 30.3. The number of carboxylic acids is 1. The number of carboxylic acid groups (broad SMARTS) is 1. The lowest BCUT2D eigenvalue weighted by Crippen LogP contribution is -2.41. The highest BCUT2D eigenvalue weighted by atomic mass is 19.2. The SMILES string of the molecule is CC1(C)OB(C(=Cc2c(F)c(F)c(C(=O)O)c(F)c2F)CNC(=O)OCC2c3ccccc3-c3ccccc32)OC1(C)C. The van der Waals surface area contributed by atoms with Crippen LogP contribution >= 0.6 is 0 Å². The molecule has 0 atom stereocenters. The van der Waals surface area contributed by atoms with Crippen LogP contribution in [0.3, 0.4) is 0 Å². The zero-order valence-corrected chi connectivity index (χ0v) is 23.8. The first-order valence-corrected chi connectivity index (χ1v) is 13.5. The van der Waals surface area contributed by atoms with E-state index in [9.17, 15) is 27.2 Å². The van der Waals surface area contributed by atoms with Crippen LogP contribution in [0.5, 0.6) is 0 Å². The first-order chi connectivity index (χ1) is 20.2. The molecule has 224 valence electrons. The Morgan fingerprint density at radius 2 is 1.37 bits per heavy atom. The standard InChI is InChI=1S/C31H28BF4NO6/c1-30(2)31(3,4)43-32(42-30)16(13-21-24(33)26(35)23(28(38)39)27(36)25(21)34)14-37-29(40)41-15-22-19-11-7-5-9-17(19)18-10-6-8-12-20(18)22/h5-13,22H,14-15H2,1-4H3,(H,37,40)(H,38,39). The Labute approximate surface area is 245 Å². The van der Waals surface area contributed by atoms with Gasteiger partial charge in [-0.2, -0.15) is 0 Å². The maximum Gasteiger partial charge on any atom is 0.492 e. The highest BCUT2D eigenvalue weighted by Crippen LogP contribution is 2.44. The molecule has 12 heteroatoms. The van der Waals surface area contributed by atoms with Crippen molar-refractivity contribution in [2.75, 3.05) is 13.2 Å². The molecule has 1 aliphatic carbocycles. The third-order valence-corrected chi connectivity index (χ3v) is 8.18. The highest BCUT2D eigenvalue weighted by Gasteiger charge is 2.52. The van der Waals surface area contributed by atoms with E-state index in [2.05, 4.69) is 5.32 Å². The van der Waals surface area contributed by atoms with Crippen molar-refractivity contribution in [3.8, 4) is 11.1 Å². The quantitative estimate of drug-likeness (QED) is 0.184. The molecule has 0 bridgehead atoms. The minimum atomic E-state index is -2.17. The van der Waals surface area contributed by atoms with Crippen molar-refractivity contribution >= 4 is 25.3 Å². The third-order valence-electron chi connectivity index (χ3n) is 8.18. The van der Waals surface area contributed by atoms with Gasteiger partial charge in [-0.1, -0.05) is 54.6 Å². The molecule has 2 N–H and O–H groups in total. The van der Waals surface area contributed by atoms with E-state index in [1.54, 1.807) is 27.7 Å². The average Bonchev–Trinajstić information content (AvgIpc) is 3.39. The molecule has 3 aromatic rings. The number of halogens is 4. The van der Waals surface area contributed by atoms with Gasteiger partial charge in [0.15, 0.2) is 23.3 Å². The summed E-state index contributed by atoms with van der Waals surface area (Å²) in [5.74, 6) is -10.4. The van der Waals surface area contributed by atoms with Crippen molar-refractivity contribution in [2.24, 2.45) is 0 Å². The van der Waals surface area contributed by atoms with E-state index in [1.165, 1.54) is 0 Å². The lowest BCUT2D eigenvalue weighted by atomic mass is 9.76. The van der Waals surface area contributed by atoms with E-state index in [4.69, 9.17) is 19.2 Å². The summed E-state index contributed by atoms with van der Waals surface area (Å²) in [6, 6.07) is 15.5. The van der Waals surface area contributed by atoms with Crippen LogP contribution in [-0.4, -0.2) is 48.6 Å². The Hall–Kier alpha value is -4.16. The molecule has 0 radical (unpaired) electrons. The molecule has 7 nitrogen and oxygen atoms in total. The fourth-order valence-corrected chi connectivity index (χ4v) is 5.17. The molecule has 3 aromatic carbocycles. The molecule has 2 aliphatic rings. The van der Waals surface area contributed by atoms with Gasteiger partial charge in [0.25, 0.3) is 0 Å². The number of hydrogen-bond donors (Lipinski definition) is 2. The molecular weight excluding hydrogens is 569 g/mol. The fourth-order valence-electron chi connectivity index (χ4n) is 5.17. The summed E-state index contributed by atoms with van der Waals surface area (Å²) in [5, 5.41) is 11.5. The normalized spacial score (nSPS) is 17.0. The summed E-state index contributed by atoms with van der Waals surface area (Å²) < 4.78 is 76.1. The monoisotopic (exact) mass is 597 g/mol. The first-order valence-electron chi connectivity index (χ1n) is 13.5. The van der Waals surface area contributed by atoms with Gasteiger partial charge in [-0.05, 0) is 55.4 Å².